The molecule has 19 heavy (non-hydrogen) atoms. The van der Waals surface area contributed by atoms with Crippen molar-refractivity contribution in [2.45, 2.75) is 25.4 Å². The van der Waals surface area contributed by atoms with Crippen LogP contribution in [0, 0.1) is 0 Å². The third kappa shape index (κ3) is 3.22. The van der Waals surface area contributed by atoms with Gasteiger partial charge in [-0.3, -0.25) is 0 Å². The maximum absolute atomic E-state index is 6.06. The third-order valence-electron chi connectivity index (χ3n) is 3.72. The van der Waals surface area contributed by atoms with Gasteiger partial charge in [0.25, 0.3) is 0 Å². The van der Waals surface area contributed by atoms with E-state index in [4.69, 9.17) is 23.2 Å². The summed E-state index contributed by atoms with van der Waals surface area (Å²) in [6.45, 7) is 2.90. The Morgan fingerprint density at radius 3 is 2.37 bits per heavy atom. The van der Waals surface area contributed by atoms with Crippen LogP contribution in [0.4, 0.5) is 0 Å². The molecular weight excluding hydrogens is 277 g/mol. The molecular formula is C16H19Cl2N. The van der Waals surface area contributed by atoms with Crippen LogP contribution in [0.3, 0.4) is 0 Å². The maximum atomic E-state index is 6.06. The van der Waals surface area contributed by atoms with Gasteiger partial charge in [0, 0.05) is 23.8 Å². The lowest BCUT2D eigenvalue weighted by Gasteiger charge is -2.30. The molecule has 0 bridgehead atoms. The molecule has 3 heteroatoms. The molecule has 2 rings (SSSR count). The van der Waals surface area contributed by atoms with Crippen molar-refractivity contribution in [3.63, 3.8) is 0 Å². The molecule has 0 saturated carbocycles. The van der Waals surface area contributed by atoms with Crippen LogP contribution in [-0.4, -0.2) is 17.3 Å². The molecule has 1 N–H and O–H groups in total. The molecule has 0 aliphatic heterocycles. The van der Waals surface area contributed by atoms with Crippen molar-refractivity contribution in [3.8, 4) is 0 Å². The molecule has 2 aromatic rings. The molecule has 0 aromatic heterocycles. The highest BCUT2D eigenvalue weighted by Crippen LogP contribution is 2.21. The number of halogens is 2. The van der Waals surface area contributed by atoms with Gasteiger partial charge in [-0.2, -0.15) is 0 Å². The van der Waals surface area contributed by atoms with E-state index in [0.717, 1.165) is 13.0 Å². The lowest BCUT2D eigenvalue weighted by molar-refractivity contribution is 0.385. The first-order valence-electron chi connectivity index (χ1n) is 6.58. The molecule has 0 aliphatic rings. The van der Waals surface area contributed by atoms with Gasteiger partial charge in [0.2, 0.25) is 0 Å². The average Bonchev–Trinajstić information content (AvgIpc) is 2.49. The zero-order valence-electron chi connectivity index (χ0n) is 11.1. The van der Waals surface area contributed by atoms with Crippen LogP contribution in [0.2, 0.25) is 0 Å². The van der Waals surface area contributed by atoms with E-state index in [1.165, 1.54) is 16.3 Å². The quantitative estimate of drug-likeness (QED) is 0.771. The smallest absolute Gasteiger partial charge is 0.0453 e. The summed E-state index contributed by atoms with van der Waals surface area (Å²) in [5, 5.41) is 6.08. The van der Waals surface area contributed by atoms with Crippen molar-refractivity contribution in [1.29, 1.82) is 0 Å². The summed E-state index contributed by atoms with van der Waals surface area (Å²) >= 11 is 12.1. The summed E-state index contributed by atoms with van der Waals surface area (Å²) in [4.78, 5) is 0. The predicted molar refractivity (Wildman–Crippen MR) is 85.2 cm³/mol. The van der Waals surface area contributed by atoms with Gasteiger partial charge in [-0.15, -0.1) is 23.2 Å². The molecule has 0 aliphatic carbocycles. The normalized spacial score (nSPS) is 11.9. The second-order valence-electron chi connectivity index (χ2n) is 4.89. The molecule has 0 spiro atoms. The first-order valence-corrected chi connectivity index (χ1v) is 7.65. The second-order valence-corrected chi connectivity index (χ2v) is 5.43. The largest absolute Gasteiger partial charge is 0.305 e. The van der Waals surface area contributed by atoms with Crippen LogP contribution < -0.4 is 5.32 Å². The van der Waals surface area contributed by atoms with Crippen LogP contribution in [-0.2, 0) is 6.54 Å². The highest BCUT2D eigenvalue weighted by molar-refractivity contribution is 6.22. The number of benzene rings is 2. The molecule has 0 saturated heterocycles. The number of nitrogens with one attached hydrogen (secondary N) is 1. The molecule has 0 atom stereocenters. The van der Waals surface area contributed by atoms with Crippen LogP contribution in [0.5, 0.6) is 0 Å². The second kappa shape index (κ2) is 6.60. The molecule has 0 amide bonds. The molecule has 0 heterocycles. The van der Waals surface area contributed by atoms with Crippen molar-refractivity contribution < 1.29 is 0 Å². The minimum atomic E-state index is -0.180. The van der Waals surface area contributed by atoms with E-state index in [1.54, 1.807) is 0 Å². The number of hydrogen-bond acceptors (Lipinski definition) is 1. The monoisotopic (exact) mass is 295 g/mol. The van der Waals surface area contributed by atoms with E-state index in [0.29, 0.717) is 11.8 Å². The van der Waals surface area contributed by atoms with Crippen molar-refractivity contribution in [3.05, 3.63) is 48.0 Å². The lowest BCUT2D eigenvalue weighted by Crippen LogP contribution is -2.47. The van der Waals surface area contributed by atoms with E-state index in [-0.39, 0.29) is 5.54 Å². The van der Waals surface area contributed by atoms with Crippen molar-refractivity contribution in [2.24, 2.45) is 0 Å². The van der Waals surface area contributed by atoms with Gasteiger partial charge in [-0.05, 0) is 22.8 Å². The minimum absolute atomic E-state index is 0.180. The average molecular weight is 296 g/mol. The van der Waals surface area contributed by atoms with Crippen molar-refractivity contribution in [1.82, 2.24) is 5.32 Å². The van der Waals surface area contributed by atoms with Crippen LogP contribution in [0.1, 0.15) is 18.9 Å². The third-order valence-corrected chi connectivity index (χ3v) is 4.75. The fraction of sp³-hybridized carbons (Fsp3) is 0.375. The molecule has 1 nitrogen and oxygen atoms in total. The molecule has 0 radical (unpaired) electrons. The van der Waals surface area contributed by atoms with Gasteiger partial charge in [0.1, 0.15) is 0 Å². The van der Waals surface area contributed by atoms with Gasteiger partial charge in [-0.25, -0.2) is 0 Å². The zero-order chi connectivity index (χ0) is 13.7. The maximum Gasteiger partial charge on any atom is 0.0453 e. The summed E-state index contributed by atoms with van der Waals surface area (Å²) in [6.07, 6.45) is 0.921. The summed E-state index contributed by atoms with van der Waals surface area (Å²) in [5.41, 5.74) is 1.10. The summed E-state index contributed by atoms with van der Waals surface area (Å²) in [6, 6.07) is 14.8. The Bertz CT molecular complexity index is 522. The highest BCUT2D eigenvalue weighted by atomic mass is 35.5. The van der Waals surface area contributed by atoms with Gasteiger partial charge in [0.05, 0.1) is 0 Å². The van der Waals surface area contributed by atoms with E-state index in [1.807, 2.05) is 0 Å². The Labute approximate surface area is 124 Å². The first kappa shape index (κ1) is 14.6. The Hall–Kier alpha value is -0.760. The summed E-state index contributed by atoms with van der Waals surface area (Å²) in [7, 11) is 0. The van der Waals surface area contributed by atoms with Crippen LogP contribution >= 0.6 is 23.2 Å². The van der Waals surface area contributed by atoms with Gasteiger partial charge >= 0.3 is 0 Å². The summed E-state index contributed by atoms with van der Waals surface area (Å²) < 4.78 is 0. The van der Waals surface area contributed by atoms with Gasteiger partial charge in [-0.1, -0.05) is 49.4 Å². The number of hydrogen-bond donors (Lipinski definition) is 1. The summed E-state index contributed by atoms with van der Waals surface area (Å²) in [5.74, 6) is 1.05. The van der Waals surface area contributed by atoms with Crippen molar-refractivity contribution in [2.75, 3.05) is 11.8 Å². The standard InChI is InChI=1S/C16H19Cl2N/c1-2-16(11-17,12-18)19-10-14-8-5-7-13-6-3-4-9-15(13)14/h3-9,19H,2,10-12H2,1H3. The first-order chi connectivity index (χ1) is 9.24. The van der Waals surface area contributed by atoms with E-state index in [9.17, 15) is 0 Å². The van der Waals surface area contributed by atoms with Gasteiger partial charge in [0.15, 0.2) is 0 Å². The Balaban J connectivity index is 2.22. The SMILES string of the molecule is CCC(CCl)(CCl)NCc1cccc2ccccc12. The molecule has 2 aromatic carbocycles. The van der Waals surface area contributed by atoms with E-state index < -0.39 is 0 Å². The fourth-order valence-corrected chi connectivity index (χ4v) is 3.03. The Morgan fingerprint density at radius 1 is 1.00 bits per heavy atom. The van der Waals surface area contributed by atoms with Crippen LogP contribution in [0.15, 0.2) is 42.5 Å². The topological polar surface area (TPSA) is 12.0 Å². The van der Waals surface area contributed by atoms with Crippen molar-refractivity contribution >= 4 is 34.0 Å². The fourth-order valence-electron chi connectivity index (χ4n) is 2.17. The molecule has 102 valence electrons. The van der Waals surface area contributed by atoms with Crippen LogP contribution in [0.25, 0.3) is 10.8 Å². The number of rotatable bonds is 6. The lowest BCUT2D eigenvalue weighted by atomic mass is 9.99. The molecule has 0 unspecified atom stereocenters. The van der Waals surface area contributed by atoms with E-state index in [2.05, 4.69) is 54.7 Å². The number of alkyl halides is 2. The highest BCUT2D eigenvalue weighted by Gasteiger charge is 2.25. The predicted octanol–water partition coefficient (Wildman–Crippen LogP) is 4.56. The zero-order valence-corrected chi connectivity index (χ0v) is 12.6. The molecule has 0 fully saturated rings. The number of fused-ring (bicyclic) bond motifs is 1. The Morgan fingerprint density at radius 2 is 1.68 bits per heavy atom. The van der Waals surface area contributed by atoms with Gasteiger partial charge < -0.3 is 5.32 Å². The van der Waals surface area contributed by atoms with E-state index >= 15 is 0 Å². The minimum Gasteiger partial charge on any atom is -0.305 e. The Kier molecular flexibility index (Phi) is 5.09.